The predicted octanol–water partition coefficient (Wildman–Crippen LogP) is 1.68. The van der Waals surface area contributed by atoms with Crippen LogP contribution in [0.1, 0.15) is 50.5 Å². The van der Waals surface area contributed by atoms with Gasteiger partial charge in [0.1, 0.15) is 18.3 Å². The molecule has 0 spiro atoms. The second-order valence-electron chi connectivity index (χ2n) is 9.84. The van der Waals surface area contributed by atoms with Crippen LogP contribution in [0.5, 0.6) is 0 Å². The van der Waals surface area contributed by atoms with Gasteiger partial charge in [-0.05, 0) is 42.7 Å². The largest absolute Gasteiger partial charge is 0.389 e. The van der Waals surface area contributed by atoms with E-state index in [9.17, 15) is 19.5 Å². The third-order valence-corrected chi connectivity index (χ3v) is 5.72. The first-order valence-electron chi connectivity index (χ1n) is 11.3. The SMILES string of the molecule is CC(C)(C)C[C@H](NC(=O)c1cc2ccccc2[nH]1)C(=O)NC(CC1CCNOC1)C(=O)CO. The number of Topliss-reactive ketones (excluding diaryl/α,β-unsaturated/α-hetero) is 1. The minimum atomic E-state index is -0.846. The Bertz CT molecular complexity index is 942. The maximum absolute atomic E-state index is 13.2. The van der Waals surface area contributed by atoms with Crippen LogP contribution in [-0.2, 0) is 14.4 Å². The van der Waals surface area contributed by atoms with Gasteiger partial charge in [-0.15, -0.1) is 0 Å². The molecule has 1 fully saturated rings. The Hall–Kier alpha value is -2.75. The van der Waals surface area contributed by atoms with Gasteiger partial charge in [-0.3, -0.25) is 14.4 Å². The summed E-state index contributed by atoms with van der Waals surface area (Å²) in [6.07, 6.45) is 1.54. The van der Waals surface area contributed by atoms with E-state index in [1.807, 2.05) is 45.0 Å². The molecule has 0 saturated carbocycles. The smallest absolute Gasteiger partial charge is 0.268 e. The summed E-state index contributed by atoms with van der Waals surface area (Å²) in [5.74, 6) is -1.23. The Morgan fingerprint density at radius 2 is 1.94 bits per heavy atom. The first kappa shape index (κ1) is 24.9. The van der Waals surface area contributed by atoms with Crippen LogP contribution < -0.4 is 16.1 Å². The maximum Gasteiger partial charge on any atom is 0.268 e. The van der Waals surface area contributed by atoms with Crippen molar-refractivity contribution in [3.05, 3.63) is 36.0 Å². The van der Waals surface area contributed by atoms with Gasteiger partial charge in [0.05, 0.1) is 12.6 Å². The zero-order valence-corrected chi connectivity index (χ0v) is 19.4. The molecule has 3 rings (SSSR count). The molecular weight excluding hydrogens is 424 g/mol. The molecule has 0 bridgehead atoms. The van der Waals surface area contributed by atoms with Crippen molar-refractivity contribution in [1.82, 2.24) is 21.1 Å². The van der Waals surface area contributed by atoms with Crippen LogP contribution in [0, 0.1) is 11.3 Å². The van der Waals surface area contributed by atoms with Crippen molar-refractivity contribution in [3.8, 4) is 0 Å². The number of ketones is 1. The number of amides is 2. The second kappa shape index (κ2) is 10.9. The highest BCUT2D eigenvalue weighted by Crippen LogP contribution is 2.22. The molecule has 5 N–H and O–H groups in total. The van der Waals surface area contributed by atoms with Gasteiger partial charge in [-0.2, -0.15) is 0 Å². The Labute approximate surface area is 193 Å². The lowest BCUT2D eigenvalue weighted by molar-refractivity contribution is -0.131. The molecule has 9 nitrogen and oxygen atoms in total. The van der Waals surface area contributed by atoms with Gasteiger partial charge in [-0.25, -0.2) is 5.48 Å². The highest BCUT2D eigenvalue weighted by molar-refractivity contribution is 6.00. The van der Waals surface area contributed by atoms with Crippen molar-refractivity contribution in [2.45, 2.75) is 52.1 Å². The quantitative estimate of drug-likeness (QED) is 0.388. The molecule has 2 aromatic rings. The number of aliphatic hydroxyl groups excluding tert-OH is 1. The van der Waals surface area contributed by atoms with E-state index < -0.39 is 36.3 Å². The number of carbonyl (C=O) groups is 3. The van der Waals surface area contributed by atoms with Gasteiger partial charge in [0, 0.05) is 17.4 Å². The lowest BCUT2D eigenvalue weighted by Crippen LogP contribution is -2.53. The number of para-hydroxylation sites is 1. The molecule has 2 amide bonds. The van der Waals surface area contributed by atoms with Gasteiger partial charge in [0.15, 0.2) is 5.78 Å². The van der Waals surface area contributed by atoms with Crippen LogP contribution in [0.4, 0.5) is 0 Å². The van der Waals surface area contributed by atoms with Gasteiger partial charge >= 0.3 is 0 Å². The van der Waals surface area contributed by atoms with Crippen LogP contribution in [-0.4, -0.2) is 59.5 Å². The van der Waals surface area contributed by atoms with Crippen molar-refractivity contribution in [2.24, 2.45) is 11.3 Å². The molecule has 1 saturated heterocycles. The Balaban J connectivity index is 1.73. The van der Waals surface area contributed by atoms with Crippen LogP contribution in [0.25, 0.3) is 10.9 Å². The lowest BCUT2D eigenvalue weighted by atomic mass is 9.87. The molecule has 180 valence electrons. The summed E-state index contributed by atoms with van der Waals surface area (Å²) in [5.41, 5.74) is 3.73. The fraction of sp³-hybridized carbons (Fsp3) is 0.542. The molecule has 1 aliphatic rings. The molecule has 2 unspecified atom stereocenters. The van der Waals surface area contributed by atoms with Crippen LogP contribution in [0.3, 0.4) is 0 Å². The normalized spacial score (nSPS) is 18.5. The zero-order chi connectivity index (χ0) is 24.0. The molecule has 0 aliphatic carbocycles. The number of hydrogen-bond donors (Lipinski definition) is 5. The summed E-state index contributed by atoms with van der Waals surface area (Å²) < 4.78 is 0. The highest BCUT2D eigenvalue weighted by Gasteiger charge is 2.32. The van der Waals surface area contributed by atoms with Gasteiger partial charge < -0.3 is 25.6 Å². The molecular formula is C24H34N4O5. The van der Waals surface area contributed by atoms with E-state index in [0.29, 0.717) is 31.7 Å². The van der Waals surface area contributed by atoms with E-state index in [0.717, 1.165) is 17.3 Å². The van der Waals surface area contributed by atoms with E-state index in [4.69, 9.17) is 4.84 Å². The standard InChI is InChI=1S/C24H34N4O5/c1-24(2,3)12-20(28-22(31)19-11-16-6-4-5-7-17(16)26-19)23(32)27-18(21(30)13-29)10-15-8-9-25-33-14-15/h4-7,11,15,18,20,25-26,29H,8-10,12-14H2,1-3H3,(H,27,32)(H,28,31)/t15?,18?,20-/m0/s1. The van der Waals surface area contributed by atoms with Gasteiger partial charge in [-0.1, -0.05) is 39.0 Å². The number of H-pyrrole nitrogens is 1. The molecule has 2 heterocycles. The average molecular weight is 459 g/mol. The summed E-state index contributed by atoms with van der Waals surface area (Å²) in [4.78, 5) is 46.9. The van der Waals surface area contributed by atoms with Gasteiger partial charge in [0.2, 0.25) is 5.91 Å². The van der Waals surface area contributed by atoms with Crippen LogP contribution >= 0.6 is 0 Å². The Morgan fingerprint density at radius 3 is 2.58 bits per heavy atom. The molecule has 1 aromatic carbocycles. The summed E-state index contributed by atoms with van der Waals surface area (Å²) in [6, 6.07) is 7.59. The fourth-order valence-corrected chi connectivity index (χ4v) is 4.02. The van der Waals surface area contributed by atoms with Crippen LogP contribution in [0.2, 0.25) is 0 Å². The molecule has 33 heavy (non-hydrogen) atoms. The number of benzene rings is 1. The van der Waals surface area contributed by atoms with Crippen molar-refractivity contribution in [2.75, 3.05) is 19.8 Å². The molecule has 1 aromatic heterocycles. The molecule has 9 heteroatoms. The first-order chi connectivity index (χ1) is 15.7. The van der Waals surface area contributed by atoms with E-state index in [2.05, 4.69) is 21.1 Å². The average Bonchev–Trinajstić information content (AvgIpc) is 3.22. The number of rotatable bonds is 9. The lowest BCUT2D eigenvalue weighted by Gasteiger charge is -2.29. The number of hydroxylamine groups is 1. The van der Waals surface area contributed by atoms with Crippen LogP contribution in [0.15, 0.2) is 30.3 Å². The molecule has 3 atom stereocenters. The number of aliphatic hydroxyl groups is 1. The number of nitrogens with one attached hydrogen (secondary N) is 4. The van der Waals surface area contributed by atoms with Crippen molar-refractivity contribution < 1.29 is 24.3 Å². The van der Waals surface area contributed by atoms with Gasteiger partial charge in [0.25, 0.3) is 5.91 Å². The van der Waals surface area contributed by atoms with Crippen molar-refractivity contribution in [1.29, 1.82) is 0 Å². The maximum atomic E-state index is 13.2. The fourth-order valence-electron chi connectivity index (χ4n) is 4.02. The first-order valence-corrected chi connectivity index (χ1v) is 11.3. The Kier molecular flexibility index (Phi) is 8.23. The number of aromatic nitrogens is 1. The summed E-state index contributed by atoms with van der Waals surface area (Å²) in [7, 11) is 0. The van der Waals surface area contributed by atoms with E-state index in [1.165, 1.54) is 0 Å². The van der Waals surface area contributed by atoms with Crippen molar-refractivity contribution >= 4 is 28.5 Å². The topological polar surface area (TPSA) is 133 Å². The van der Waals surface area contributed by atoms with E-state index >= 15 is 0 Å². The zero-order valence-electron chi connectivity index (χ0n) is 19.4. The highest BCUT2D eigenvalue weighted by atomic mass is 16.6. The predicted molar refractivity (Wildman–Crippen MR) is 124 cm³/mol. The summed E-state index contributed by atoms with van der Waals surface area (Å²) >= 11 is 0. The van der Waals surface area contributed by atoms with E-state index in [1.54, 1.807) is 6.07 Å². The molecule has 1 aliphatic heterocycles. The second-order valence-corrected chi connectivity index (χ2v) is 9.84. The molecule has 0 radical (unpaired) electrons. The number of carbonyl (C=O) groups excluding carboxylic acids is 3. The minimum absolute atomic E-state index is 0.0778. The summed E-state index contributed by atoms with van der Waals surface area (Å²) in [5, 5.41) is 15.9. The third kappa shape index (κ3) is 7.12. The van der Waals surface area contributed by atoms with E-state index in [-0.39, 0.29) is 11.3 Å². The number of aromatic amines is 1. The van der Waals surface area contributed by atoms with Crippen molar-refractivity contribution in [3.63, 3.8) is 0 Å². The third-order valence-electron chi connectivity index (χ3n) is 5.72. The summed E-state index contributed by atoms with van der Waals surface area (Å²) in [6.45, 7) is 6.35. The number of hydrogen-bond acceptors (Lipinski definition) is 6. The number of fused-ring (bicyclic) bond motifs is 1. The minimum Gasteiger partial charge on any atom is -0.389 e. The Morgan fingerprint density at radius 1 is 1.18 bits per heavy atom. The monoisotopic (exact) mass is 458 g/mol.